The fourth-order valence-corrected chi connectivity index (χ4v) is 2.34. The summed E-state index contributed by atoms with van der Waals surface area (Å²) in [5.74, 6) is 0.594. The lowest BCUT2D eigenvalue weighted by Crippen LogP contribution is -2.29. The van der Waals surface area contributed by atoms with E-state index in [1.165, 1.54) is 0 Å². The SMILES string of the molecule is Cc1ccc(C(=O)N[C@H](c2ccccc2)c2ccco2)cc1. The van der Waals surface area contributed by atoms with Crippen molar-refractivity contribution in [2.75, 3.05) is 0 Å². The van der Waals surface area contributed by atoms with Gasteiger partial charge in [0.05, 0.1) is 6.26 Å². The van der Waals surface area contributed by atoms with Crippen LogP contribution in [0.15, 0.2) is 77.4 Å². The molecule has 1 atom stereocenters. The van der Waals surface area contributed by atoms with Gasteiger partial charge >= 0.3 is 0 Å². The normalized spacial score (nSPS) is 11.9. The minimum absolute atomic E-state index is 0.120. The third-order valence-corrected chi connectivity index (χ3v) is 3.55. The van der Waals surface area contributed by atoms with E-state index in [1.54, 1.807) is 6.26 Å². The molecule has 110 valence electrons. The molecule has 0 aliphatic carbocycles. The summed E-state index contributed by atoms with van der Waals surface area (Å²) in [5.41, 5.74) is 2.75. The van der Waals surface area contributed by atoms with Crippen LogP contribution in [0.4, 0.5) is 0 Å². The lowest BCUT2D eigenvalue weighted by Gasteiger charge is -2.17. The standard InChI is InChI=1S/C19H17NO2/c1-14-9-11-16(12-10-14)19(21)20-18(17-8-5-13-22-17)15-6-3-2-4-7-15/h2-13,18H,1H3,(H,20,21)/t18-/m1/s1. The second-order valence-electron chi connectivity index (χ2n) is 5.20. The van der Waals surface area contributed by atoms with Gasteiger partial charge in [0, 0.05) is 5.56 Å². The molecule has 0 radical (unpaired) electrons. The van der Waals surface area contributed by atoms with Crippen LogP contribution in [0.2, 0.25) is 0 Å². The van der Waals surface area contributed by atoms with Crippen molar-refractivity contribution in [1.82, 2.24) is 5.32 Å². The van der Waals surface area contributed by atoms with E-state index >= 15 is 0 Å². The van der Waals surface area contributed by atoms with Gasteiger partial charge in [-0.2, -0.15) is 0 Å². The Morgan fingerprint density at radius 3 is 2.32 bits per heavy atom. The topological polar surface area (TPSA) is 42.2 Å². The Morgan fingerprint density at radius 1 is 0.955 bits per heavy atom. The Morgan fingerprint density at radius 2 is 1.68 bits per heavy atom. The largest absolute Gasteiger partial charge is 0.467 e. The summed E-state index contributed by atoms with van der Waals surface area (Å²) in [6.07, 6.45) is 1.61. The number of furan rings is 1. The monoisotopic (exact) mass is 291 g/mol. The average Bonchev–Trinajstić information content (AvgIpc) is 3.08. The first-order valence-electron chi connectivity index (χ1n) is 7.20. The van der Waals surface area contributed by atoms with Gasteiger partial charge in [-0.05, 0) is 36.8 Å². The second kappa shape index (κ2) is 6.31. The van der Waals surface area contributed by atoms with Gasteiger partial charge in [0.2, 0.25) is 0 Å². The van der Waals surface area contributed by atoms with Crippen molar-refractivity contribution in [3.63, 3.8) is 0 Å². The number of aryl methyl sites for hydroxylation is 1. The van der Waals surface area contributed by atoms with Gasteiger partial charge in [0.15, 0.2) is 0 Å². The summed E-state index contributed by atoms with van der Waals surface area (Å²) in [5, 5.41) is 3.04. The fourth-order valence-electron chi connectivity index (χ4n) is 2.34. The first-order valence-corrected chi connectivity index (χ1v) is 7.20. The molecule has 22 heavy (non-hydrogen) atoms. The number of nitrogens with one attached hydrogen (secondary N) is 1. The fraction of sp³-hybridized carbons (Fsp3) is 0.105. The summed E-state index contributed by atoms with van der Waals surface area (Å²) >= 11 is 0. The van der Waals surface area contributed by atoms with Gasteiger partial charge in [-0.3, -0.25) is 4.79 Å². The predicted molar refractivity (Wildman–Crippen MR) is 85.6 cm³/mol. The number of benzene rings is 2. The Balaban J connectivity index is 1.87. The lowest BCUT2D eigenvalue weighted by molar-refractivity contribution is 0.0939. The molecule has 2 aromatic carbocycles. The maximum absolute atomic E-state index is 12.5. The van der Waals surface area contributed by atoms with E-state index in [9.17, 15) is 4.79 Å². The molecule has 0 spiro atoms. The third-order valence-electron chi connectivity index (χ3n) is 3.55. The quantitative estimate of drug-likeness (QED) is 0.786. The van der Waals surface area contributed by atoms with Crippen LogP contribution < -0.4 is 5.32 Å². The van der Waals surface area contributed by atoms with Gasteiger partial charge in [-0.15, -0.1) is 0 Å². The minimum atomic E-state index is -0.301. The van der Waals surface area contributed by atoms with Crippen molar-refractivity contribution in [3.8, 4) is 0 Å². The summed E-state index contributed by atoms with van der Waals surface area (Å²) in [6.45, 7) is 2.00. The average molecular weight is 291 g/mol. The van der Waals surface area contributed by atoms with Crippen LogP contribution in [-0.4, -0.2) is 5.91 Å². The molecule has 1 heterocycles. The number of hydrogen-bond donors (Lipinski definition) is 1. The molecule has 0 saturated carbocycles. The summed E-state index contributed by atoms with van der Waals surface area (Å²) in [7, 11) is 0. The maximum Gasteiger partial charge on any atom is 0.252 e. The van der Waals surface area contributed by atoms with Crippen LogP contribution in [0.3, 0.4) is 0 Å². The highest BCUT2D eigenvalue weighted by molar-refractivity contribution is 5.94. The molecule has 0 aliphatic heterocycles. The lowest BCUT2D eigenvalue weighted by atomic mass is 10.0. The number of carbonyl (C=O) groups excluding carboxylic acids is 1. The van der Waals surface area contributed by atoms with E-state index in [1.807, 2.05) is 73.7 Å². The Kier molecular flexibility index (Phi) is 4.05. The number of amides is 1. The summed E-state index contributed by atoms with van der Waals surface area (Å²) < 4.78 is 5.49. The smallest absolute Gasteiger partial charge is 0.252 e. The molecule has 1 aromatic heterocycles. The van der Waals surface area contributed by atoms with Gasteiger partial charge < -0.3 is 9.73 Å². The Bertz CT molecular complexity index is 731. The number of hydrogen-bond acceptors (Lipinski definition) is 2. The van der Waals surface area contributed by atoms with Crippen molar-refractivity contribution in [2.45, 2.75) is 13.0 Å². The Labute approximate surface area is 129 Å². The molecular weight excluding hydrogens is 274 g/mol. The number of rotatable bonds is 4. The molecule has 0 unspecified atom stereocenters. The highest BCUT2D eigenvalue weighted by Gasteiger charge is 2.19. The van der Waals surface area contributed by atoms with Gasteiger partial charge in [0.1, 0.15) is 11.8 Å². The minimum Gasteiger partial charge on any atom is -0.467 e. The molecule has 3 aromatic rings. The van der Waals surface area contributed by atoms with Crippen LogP contribution >= 0.6 is 0 Å². The van der Waals surface area contributed by atoms with Gasteiger partial charge in [0.25, 0.3) is 5.91 Å². The molecule has 1 N–H and O–H groups in total. The molecule has 3 heteroatoms. The van der Waals surface area contributed by atoms with E-state index in [0.29, 0.717) is 11.3 Å². The zero-order chi connectivity index (χ0) is 15.4. The molecule has 3 nitrogen and oxygen atoms in total. The van der Waals surface area contributed by atoms with Gasteiger partial charge in [-0.25, -0.2) is 0 Å². The highest BCUT2D eigenvalue weighted by Crippen LogP contribution is 2.22. The van der Waals surface area contributed by atoms with E-state index in [-0.39, 0.29) is 11.9 Å². The van der Waals surface area contributed by atoms with Crippen LogP contribution in [0, 0.1) is 6.92 Å². The van der Waals surface area contributed by atoms with Crippen LogP contribution in [0.25, 0.3) is 0 Å². The van der Waals surface area contributed by atoms with Gasteiger partial charge in [-0.1, -0.05) is 48.0 Å². The summed E-state index contributed by atoms with van der Waals surface area (Å²) in [6, 6.07) is 20.7. The van der Waals surface area contributed by atoms with Crippen molar-refractivity contribution in [1.29, 1.82) is 0 Å². The van der Waals surface area contributed by atoms with E-state index in [4.69, 9.17) is 4.42 Å². The molecule has 0 saturated heterocycles. The first-order chi connectivity index (χ1) is 10.7. The summed E-state index contributed by atoms with van der Waals surface area (Å²) in [4.78, 5) is 12.5. The Hall–Kier alpha value is -2.81. The van der Waals surface area contributed by atoms with Crippen molar-refractivity contribution in [2.24, 2.45) is 0 Å². The van der Waals surface area contributed by atoms with Crippen molar-refractivity contribution in [3.05, 3.63) is 95.4 Å². The van der Waals surface area contributed by atoms with Crippen LogP contribution in [0.1, 0.15) is 33.3 Å². The molecule has 0 bridgehead atoms. The third kappa shape index (κ3) is 3.09. The predicted octanol–water partition coefficient (Wildman–Crippen LogP) is 4.11. The van der Waals surface area contributed by atoms with Crippen molar-refractivity contribution < 1.29 is 9.21 Å². The van der Waals surface area contributed by atoms with Crippen LogP contribution in [0.5, 0.6) is 0 Å². The first kappa shape index (κ1) is 14.1. The molecule has 1 amide bonds. The van der Waals surface area contributed by atoms with E-state index in [0.717, 1.165) is 11.1 Å². The number of carbonyl (C=O) groups is 1. The molecular formula is C19H17NO2. The van der Waals surface area contributed by atoms with Crippen LogP contribution in [-0.2, 0) is 0 Å². The second-order valence-corrected chi connectivity index (χ2v) is 5.20. The zero-order valence-electron chi connectivity index (χ0n) is 12.3. The molecule has 0 aliphatic rings. The van der Waals surface area contributed by atoms with Crippen molar-refractivity contribution >= 4 is 5.91 Å². The zero-order valence-corrected chi connectivity index (χ0v) is 12.3. The molecule has 3 rings (SSSR count). The highest BCUT2D eigenvalue weighted by atomic mass is 16.3. The van der Waals surface area contributed by atoms with E-state index < -0.39 is 0 Å². The van der Waals surface area contributed by atoms with E-state index in [2.05, 4.69) is 5.32 Å². The molecule has 0 fully saturated rings. The maximum atomic E-state index is 12.5.